The molecule has 0 aliphatic carbocycles. The molecular weight excluding hydrogens is 298 g/mol. The van der Waals surface area contributed by atoms with Crippen molar-refractivity contribution in [3.63, 3.8) is 0 Å². The molecule has 0 bridgehead atoms. The third-order valence-corrected chi connectivity index (χ3v) is 4.82. The van der Waals surface area contributed by atoms with Gasteiger partial charge >= 0.3 is 5.69 Å². The number of sulfonamides is 1. The van der Waals surface area contributed by atoms with Gasteiger partial charge in [0.1, 0.15) is 5.69 Å². The highest BCUT2D eigenvalue weighted by Crippen LogP contribution is 2.33. The first kappa shape index (κ1) is 17.3. The second kappa shape index (κ2) is 7.34. The molecule has 0 aliphatic heterocycles. The Morgan fingerprint density at radius 1 is 1.38 bits per heavy atom. The van der Waals surface area contributed by atoms with E-state index in [9.17, 15) is 18.5 Å². The number of nitrogens with one attached hydrogen (secondary N) is 1. The van der Waals surface area contributed by atoms with Gasteiger partial charge in [0, 0.05) is 20.1 Å². The van der Waals surface area contributed by atoms with Crippen LogP contribution < -0.4 is 5.32 Å². The Morgan fingerprint density at radius 2 is 2.05 bits per heavy atom. The van der Waals surface area contributed by atoms with Crippen LogP contribution in [0.1, 0.15) is 13.3 Å². The summed E-state index contributed by atoms with van der Waals surface area (Å²) in [5.74, 6) is 0. The van der Waals surface area contributed by atoms with E-state index < -0.39 is 20.6 Å². The standard InChI is InChI=1S/C12H19N3O5S/c1-3-7-14(8-9-16)21(19,20)11-6-4-5-10(13-2)12(11)15(17)18/h4-6,13,16H,3,7-9H2,1-2H3. The molecule has 1 aromatic carbocycles. The third kappa shape index (κ3) is 3.69. The molecule has 8 nitrogen and oxygen atoms in total. The number of aliphatic hydroxyl groups excluding tert-OH is 1. The lowest BCUT2D eigenvalue weighted by Gasteiger charge is -2.20. The van der Waals surface area contributed by atoms with Gasteiger partial charge in [-0.2, -0.15) is 4.31 Å². The van der Waals surface area contributed by atoms with Gasteiger partial charge in [-0.15, -0.1) is 0 Å². The van der Waals surface area contributed by atoms with Gasteiger partial charge in [0.25, 0.3) is 0 Å². The summed E-state index contributed by atoms with van der Waals surface area (Å²) < 4.78 is 26.2. The van der Waals surface area contributed by atoms with E-state index >= 15 is 0 Å². The molecule has 0 spiro atoms. The number of nitro groups is 1. The molecule has 1 aromatic rings. The first-order chi connectivity index (χ1) is 9.89. The minimum atomic E-state index is -4.04. The number of nitrogens with zero attached hydrogens (tertiary/aromatic N) is 2. The summed E-state index contributed by atoms with van der Waals surface area (Å²) in [4.78, 5) is 10.1. The van der Waals surface area contributed by atoms with E-state index in [1.54, 1.807) is 6.92 Å². The van der Waals surface area contributed by atoms with Gasteiger partial charge in [0.2, 0.25) is 10.0 Å². The van der Waals surface area contributed by atoms with Crippen LogP contribution in [-0.4, -0.2) is 49.5 Å². The summed E-state index contributed by atoms with van der Waals surface area (Å²) in [5, 5.41) is 22.8. The zero-order valence-electron chi connectivity index (χ0n) is 11.9. The molecule has 0 atom stereocenters. The number of hydrogen-bond donors (Lipinski definition) is 2. The Balaban J connectivity index is 3.46. The van der Waals surface area contributed by atoms with Gasteiger partial charge in [-0.25, -0.2) is 8.42 Å². The molecule has 0 unspecified atom stereocenters. The maximum Gasteiger partial charge on any atom is 0.312 e. The molecule has 0 radical (unpaired) electrons. The Kier molecular flexibility index (Phi) is 6.06. The number of rotatable bonds is 8. The number of nitro benzene ring substituents is 1. The van der Waals surface area contributed by atoms with Crippen LogP contribution >= 0.6 is 0 Å². The van der Waals surface area contributed by atoms with Crippen molar-refractivity contribution < 1.29 is 18.4 Å². The summed E-state index contributed by atoms with van der Waals surface area (Å²) in [7, 11) is -2.56. The molecule has 1 rings (SSSR count). The molecule has 21 heavy (non-hydrogen) atoms. The number of para-hydroxylation sites is 1. The molecule has 2 N–H and O–H groups in total. The second-order valence-electron chi connectivity index (χ2n) is 4.29. The molecule has 0 saturated carbocycles. The van der Waals surface area contributed by atoms with E-state index in [1.165, 1.54) is 25.2 Å². The van der Waals surface area contributed by atoms with E-state index in [0.29, 0.717) is 6.42 Å². The zero-order chi connectivity index (χ0) is 16.0. The summed E-state index contributed by atoms with van der Waals surface area (Å²) in [6, 6.07) is 4.08. The van der Waals surface area contributed by atoms with Crippen molar-refractivity contribution in [1.29, 1.82) is 0 Å². The fourth-order valence-corrected chi connectivity index (χ4v) is 3.68. The van der Waals surface area contributed by atoms with Crippen LogP contribution in [0.5, 0.6) is 0 Å². The fourth-order valence-electron chi connectivity index (χ4n) is 1.97. The molecule has 0 amide bonds. The van der Waals surface area contributed by atoms with Crippen molar-refractivity contribution >= 4 is 21.4 Å². The first-order valence-electron chi connectivity index (χ1n) is 6.46. The van der Waals surface area contributed by atoms with Crippen LogP contribution in [0.15, 0.2) is 23.1 Å². The summed E-state index contributed by atoms with van der Waals surface area (Å²) in [5.41, 5.74) is -0.361. The van der Waals surface area contributed by atoms with Crippen molar-refractivity contribution in [3.05, 3.63) is 28.3 Å². The lowest BCUT2D eigenvalue weighted by Crippen LogP contribution is -2.34. The topological polar surface area (TPSA) is 113 Å². The van der Waals surface area contributed by atoms with Crippen LogP contribution in [0.25, 0.3) is 0 Å². The minimum Gasteiger partial charge on any atom is -0.395 e. The maximum atomic E-state index is 12.6. The molecule has 0 fully saturated rings. The second-order valence-corrected chi connectivity index (χ2v) is 6.19. The van der Waals surface area contributed by atoms with Crippen molar-refractivity contribution in [1.82, 2.24) is 4.31 Å². The lowest BCUT2D eigenvalue weighted by atomic mass is 10.3. The predicted octanol–water partition coefficient (Wildman–Crippen LogP) is 1.03. The van der Waals surface area contributed by atoms with Crippen LogP contribution in [0.2, 0.25) is 0 Å². The fraction of sp³-hybridized carbons (Fsp3) is 0.500. The Hall–Kier alpha value is -1.71. The number of aliphatic hydroxyl groups is 1. The smallest absolute Gasteiger partial charge is 0.312 e. The molecule has 0 saturated heterocycles. The van der Waals surface area contributed by atoms with Gasteiger partial charge in [-0.05, 0) is 18.6 Å². The van der Waals surface area contributed by atoms with E-state index in [0.717, 1.165) is 4.31 Å². The molecular formula is C12H19N3O5S. The SMILES string of the molecule is CCCN(CCO)S(=O)(=O)c1cccc(NC)c1[N+](=O)[O-]. The van der Waals surface area contributed by atoms with Gasteiger partial charge in [-0.3, -0.25) is 10.1 Å². The normalized spacial score (nSPS) is 11.6. The highest BCUT2D eigenvalue weighted by atomic mass is 32.2. The Bertz CT molecular complexity index is 597. The van der Waals surface area contributed by atoms with E-state index in [4.69, 9.17) is 5.11 Å². The number of hydrogen-bond acceptors (Lipinski definition) is 6. The van der Waals surface area contributed by atoms with Crippen molar-refractivity contribution in [2.45, 2.75) is 18.2 Å². The maximum absolute atomic E-state index is 12.6. The largest absolute Gasteiger partial charge is 0.395 e. The van der Waals surface area contributed by atoms with Crippen LogP contribution in [0.4, 0.5) is 11.4 Å². The van der Waals surface area contributed by atoms with Gasteiger partial charge in [0.15, 0.2) is 4.90 Å². The van der Waals surface area contributed by atoms with Crippen molar-refractivity contribution in [2.75, 3.05) is 32.1 Å². The average Bonchev–Trinajstić information content (AvgIpc) is 2.45. The Labute approximate surface area is 123 Å². The van der Waals surface area contributed by atoms with E-state index in [1.807, 2.05) is 0 Å². The monoisotopic (exact) mass is 317 g/mol. The van der Waals surface area contributed by atoms with Crippen LogP contribution in [-0.2, 0) is 10.0 Å². The van der Waals surface area contributed by atoms with Gasteiger partial charge in [0.05, 0.1) is 11.5 Å². The number of anilines is 1. The molecule has 0 heterocycles. The third-order valence-electron chi connectivity index (χ3n) is 2.89. The van der Waals surface area contributed by atoms with Crippen LogP contribution in [0.3, 0.4) is 0 Å². The van der Waals surface area contributed by atoms with Crippen molar-refractivity contribution in [3.8, 4) is 0 Å². The highest BCUT2D eigenvalue weighted by molar-refractivity contribution is 7.89. The lowest BCUT2D eigenvalue weighted by molar-refractivity contribution is -0.386. The summed E-state index contributed by atoms with van der Waals surface area (Å²) in [6.45, 7) is 1.53. The van der Waals surface area contributed by atoms with Crippen molar-refractivity contribution in [2.24, 2.45) is 0 Å². The summed E-state index contributed by atoms with van der Waals surface area (Å²) in [6.07, 6.45) is 0.540. The average molecular weight is 317 g/mol. The predicted molar refractivity (Wildman–Crippen MR) is 78.8 cm³/mol. The highest BCUT2D eigenvalue weighted by Gasteiger charge is 2.32. The van der Waals surface area contributed by atoms with Gasteiger partial charge < -0.3 is 10.4 Å². The molecule has 118 valence electrons. The van der Waals surface area contributed by atoms with E-state index in [2.05, 4.69) is 5.32 Å². The first-order valence-corrected chi connectivity index (χ1v) is 7.90. The van der Waals surface area contributed by atoms with Gasteiger partial charge in [-0.1, -0.05) is 13.0 Å². The Morgan fingerprint density at radius 3 is 2.52 bits per heavy atom. The molecule has 0 aromatic heterocycles. The zero-order valence-corrected chi connectivity index (χ0v) is 12.8. The number of benzene rings is 1. The quantitative estimate of drug-likeness (QED) is 0.547. The molecule has 9 heteroatoms. The minimum absolute atomic E-state index is 0.100. The van der Waals surface area contributed by atoms with Crippen LogP contribution in [0, 0.1) is 10.1 Å². The molecule has 0 aliphatic rings. The van der Waals surface area contributed by atoms with E-state index in [-0.39, 0.29) is 30.3 Å². The summed E-state index contributed by atoms with van der Waals surface area (Å²) >= 11 is 0.